The van der Waals surface area contributed by atoms with E-state index in [0.717, 1.165) is 99.6 Å². The van der Waals surface area contributed by atoms with Gasteiger partial charge in [0.05, 0.1) is 25.5 Å². The first-order valence-electron chi connectivity index (χ1n) is 16.0. The first-order valence-corrected chi connectivity index (χ1v) is 16.0. The number of hydrogen-bond donors (Lipinski definition) is 1. The molecule has 2 fully saturated rings. The predicted molar refractivity (Wildman–Crippen MR) is 177 cm³/mol. The van der Waals surface area contributed by atoms with Gasteiger partial charge in [0.25, 0.3) is 0 Å². The molecule has 9 heteroatoms. The van der Waals surface area contributed by atoms with Gasteiger partial charge in [0, 0.05) is 51.4 Å². The fraction of sp³-hybridized carbons (Fsp3) is 0.514. The Morgan fingerprint density at radius 2 is 1.77 bits per heavy atom. The van der Waals surface area contributed by atoms with Crippen LogP contribution in [0, 0.1) is 13.8 Å². The van der Waals surface area contributed by atoms with Crippen molar-refractivity contribution < 1.29 is 19.4 Å². The molecule has 0 bridgehead atoms. The van der Waals surface area contributed by atoms with Crippen LogP contribution in [-0.2, 0) is 22.4 Å². The summed E-state index contributed by atoms with van der Waals surface area (Å²) >= 11 is 0. The minimum atomic E-state index is -0.00495. The quantitative estimate of drug-likeness (QED) is 0.253. The molecule has 0 aliphatic carbocycles. The molecule has 2 aliphatic heterocycles. The average molecular weight is 604 g/mol. The summed E-state index contributed by atoms with van der Waals surface area (Å²) < 4.78 is 11.4. The van der Waals surface area contributed by atoms with Crippen molar-refractivity contribution in [3.63, 3.8) is 0 Å². The van der Waals surface area contributed by atoms with Crippen molar-refractivity contribution in [2.45, 2.75) is 53.4 Å². The number of aryl methyl sites for hydroxylation is 2. The number of phenols is 1. The lowest BCUT2D eigenvalue weighted by molar-refractivity contribution is -0.126. The van der Waals surface area contributed by atoms with Gasteiger partial charge in [-0.05, 0) is 67.2 Å². The van der Waals surface area contributed by atoms with Crippen molar-refractivity contribution in [1.29, 1.82) is 0 Å². The van der Waals surface area contributed by atoms with Crippen LogP contribution in [0.5, 0.6) is 11.8 Å². The monoisotopic (exact) mass is 603 g/mol. The van der Waals surface area contributed by atoms with Crippen LogP contribution in [0.4, 0.5) is 5.82 Å². The SMILES string of the molecule is C=CC(=O)N1CCN(c2nc(OCCCN3CCOCC3)nc(CC)c2CCC)CC1.Cc1c(O)cc2ccccc2c1C. The Morgan fingerprint density at radius 3 is 2.45 bits per heavy atom. The number of fused-ring (bicyclic) bond motifs is 1. The molecule has 0 saturated carbocycles. The zero-order valence-electron chi connectivity index (χ0n) is 27.0. The molecule has 3 heterocycles. The molecule has 238 valence electrons. The number of aromatic hydroxyl groups is 1. The van der Waals surface area contributed by atoms with E-state index >= 15 is 0 Å². The van der Waals surface area contributed by atoms with Crippen molar-refractivity contribution in [1.82, 2.24) is 19.8 Å². The van der Waals surface area contributed by atoms with Gasteiger partial charge < -0.3 is 24.4 Å². The Hall–Kier alpha value is -3.69. The third kappa shape index (κ3) is 8.48. The molecule has 0 radical (unpaired) electrons. The summed E-state index contributed by atoms with van der Waals surface area (Å²) in [4.78, 5) is 28.0. The van der Waals surface area contributed by atoms with Gasteiger partial charge in [-0.2, -0.15) is 9.97 Å². The largest absolute Gasteiger partial charge is 0.508 e. The topological polar surface area (TPSA) is 91.3 Å². The number of anilines is 1. The minimum absolute atomic E-state index is 0.00495. The molecule has 1 aromatic heterocycles. The minimum Gasteiger partial charge on any atom is -0.508 e. The summed E-state index contributed by atoms with van der Waals surface area (Å²) in [6, 6.07) is 10.4. The molecule has 2 aliphatic rings. The molecule has 0 spiro atoms. The van der Waals surface area contributed by atoms with Crippen molar-refractivity contribution in [2.75, 3.05) is 70.5 Å². The zero-order chi connectivity index (χ0) is 31.5. The van der Waals surface area contributed by atoms with E-state index in [1.807, 2.05) is 43.0 Å². The summed E-state index contributed by atoms with van der Waals surface area (Å²) in [5, 5.41) is 11.9. The smallest absolute Gasteiger partial charge is 0.318 e. The van der Waals surface area contributed by atoms with Gasteiger partial charge in [-0.25, -0.2) is 0 Å². The standard InChI is InChI=1S/C23H37N5O3.C12H12O/c1-4-8-19-20(5-2)24-23(31-16-7-9-26-14-17-30-18-15-26)25-22(19)28-12-10-27(11-13-28)21(29)6-3;1-8-9(2)12(13)7-10-5-3-4-6-11(8)10/h6H,3-5,7-18H2,1-2H3;3-7,13H,1-2H3. The van der Waals surface area contributed by atoms with Gasteiger partial charge in [0.1, 0.15) is 11.6 Å². The van der Waals surface area contributed by atoms with Crippen LogP contribution in [0.2, 0.25) is 0 Å². The first kappa shape index (κ1) is 33.2. The molecule has 1 amide bonds. The Balaban J connectivity index is 0.000000281. The Morgan fingerprint density at radius 1 is 1.05 bits per heavy atom. The summed E-state index contributed by atoms with van der Waals surface area (Å²) in [6.07, 6.45) is 5.17. The molecule has 0 atom stereocenters. The summed E-state index contributed by atoms with van der Waals surface area (Å²) in [5.41, 5.74) is 4.42. The van der Waals surface area contributed by atoms with Crippen LogP contribution in [0.3, 0.4) is 0 Å². The van der Waals surface area contributed by atoms with Crippen LogP contribution in [0.25, 0.3) is 10.8 Å². The second-order valence-corrected chi connectivity index (χ2v) is 11.4. The van der Waals surface area contributed by atoms with Crippen LogP contribution < -0.4 is 9.64 Å². The van der Waals surface area contributed by atoms with Gasteiger partial charge in [0.15, 0.2) is 0 Å². The molecule has 1 N–H and O–H groups in total. The van der Waals surface area contributed by atoms with E-state index in [-0.39, 0.29) is 5.91 Å². The number of benzene rings is 2. The van der Waals surface area contributed by atoms with E-state index < -0.39 is 0 Å². The Bertz CT molecular complexity index is 1400. The lowest BCUT2D eigenvalue weighted by Gasteiger charge is -2.36. The van der Waals surface area contributed by atoms with E-state index in [4.69, 9.17) is 19.4 Å². The molecule has 2 aromatic carbocycles. The van der Waals surface area contributed by atoms with E-state index in [1.54, 1.807) is 0 Å². The first-order chi connectivity index (χ1) is 21.4. The number of phenolic OH excluding ortho intramolecular Hbond substituents is 1. The van der Waals surface area contributed by atoms with Gasteiger partial charge in [-0.1, -0.05) is 51.1 Å². The molecule has 3 aromatic rings. The number of carbonyl (C=O) groups excluding carboxylic acids is 1. The number of ether oxygens (including phenoxy) is 2. The van der Waals surface area contributed by atoms with E-state index in [2.05, 4.69) is 36.3 Å². The number of carbonyl (C=O) groups is 1. The highest BCUT2D eigenvalue weighted by atomic mass is 16.5. The lowest BCUT2D eigenvalue weighted by atomic mass is 10.0. The van der Waals surface area contributed by atoms with Crippen LogP contribution >= 0.6 is 0 Å². The van der Waals surface area contributed by atoms with Crippen LogP contribution in [0.15, 0.2) is 43.0 Å². The van der Waals surface area contributed by atoms with Gasteiger partial charge >= 0.3 is 6.01 Å². The third-order valence-corrected chi connectivity index (χ3v) is 8.51. The Labute approximate surface area is 262 Å². The highest BCUT2D eigenvalue weighted by molar-refractivity contribution is 5.88. The predicted octanol–water partition coefficient (Wildman–Crippen LogP) is 5.09. The molecule has 44 heavy (non-hydrogen) atoms. The second-order valence-electron chi connectivity index (χ2n) is 11.4. The van der Waals surface area contributed by atoms with Crippen LogP contribution in [-0.4, -0.2) is 96.4 Å². The maximum absolute atomic E-state index is 11.9. The molecular formula is C35H49N5O4. The zero-order valence-corrected chi connectivity index (χ0v) is 27.0. The number of piperazine rings is 1. The van der Waals surface area contributed by atoms with Gasteiger partial charge in [0.2, 0.25) is 5.91 Å². The summed E-state index contributed by atoms with van der Waals surface area (Å²) in [7, 11) is 0. The Kier molecular flexibility index (Phi) is 12.4. The highest BCUT2D eigenvalue weighted by Crippen LogP contribution is 2.29. The fourth-order valence-corrected chi connectivity index (χ4v) is 5.78. The normalized spacial score (nSPS) is 15.5. The third-order valence-electron chi connectivity index (χ3n) is 8.51. The number of nitrogens with zero attached hydrogens (tertiary/aromatic N) is 5. The van der Waals surface area contributed by atoms with Crippen molar-refractivity contribution in [3.8, 4) is 11.8 Å². The number of amides is 1. The average Bonchev–Trinajstić information content (AvgIpc) is 3.06. The number of morpholine rings is 1. The molecule has 0 unspecified atom stereocenters. The van der Waals surface area contributed by atoms with Gasteiger partial charge in [-0.3, -0.25) is 9.69 Å². The number of hydrogen-bond acceptors (Lipinski definition) is 8. The van der Waals surface area contributed by atoms with E-state index in [1.165, 1.54) is 17.0 Å². The molecule has 9 nitrogen and oxygen atoms in total. The maximum atomic E-state index is 11.9. The van der Waals surface area contributed by atoms with Crippen LogP contribution in [0.1, 0.15) is 49.1 Å². The fourth-order valence-electron chi connectivity index (χ4n) is 5.78. The summed E-state index contributed by atoms with van der Waals surface area (Å²) in [6.45, 7) is 20.0. The number of rotatable bonds is 10. The maximum Gasteiger partial charge on any atom is 0.318 e. The van der Waals surface area contributed by atoms with Crippen molar-refractivity contribution in [3.05, 3.63) is 65.4 Å². The van der Waals surface area contributed by atoms with E-state index in [0.29, 0.717) is 31.5 Å². The van der Waals surface area contributed by atoms with E-state index in [9.17, 15) is 9.90 Å². The summed E-state index contributed by atoms with van der Waals surface area (Å²) in [5.74, 6) is 1.36. The second kappa shape index (κ2) is 16.4. The van der Waals surface area contributed by atoms with Crippen molar-refractivity contribution >= 4 is 22.5 Å². The highest BCUT2D eigenvalue weighted by Gasteiger charge is 2.24. The molecule has 2 saturated heterocycles. The number of aromatic nitrogens is 2. The van der Waals surface area contributed by atoms with Gasteiger partial charge in [-0.15, -0.1) is 0 Å². The van der Waals surface area contributed by atoms with Crippen molar-refractivity contribution in [2.24, 2.45) is 0 Å². The lowest BCUT2D eigenvalue weighted by Crippen LogP contribution is -2.49. The molecular weight excluding hydrogens is 554 g/mol. The molecule has 5 rings (SSSR count).